The van der Waals surface area contributed by atoms with Crippen molar-refractivity contribution in [2.45, 2.75) is 25.4 Å². The summed E-state index contributed by atoms with van der Waals surface area (Å²) in [4.78, 5) is 12.5. The Morgan fingerprint density at radius 1 is 1.00 bits per heavy atom. The maximum Gasteiger partial charge on any atom is 0.125 e. The van der Waals surface area contributed by atoms with Gasteiger partial charge in [0.1, 0.15) is 5.84 Å². The molecular formula is C22H23BrCl2N4. The van der Waals surface area contributed by atoms with Crippen LogP contribution in [-0.4, -0.2) is 54.4 Å². The van der Waals surface area contributed by atoms with Gasteiger partial charge < -0.3 is 9.80 Å². The van der Waals surface area contributed by atoms with E-state index < -0.39 is 0 Å². The minimum absolute atomic E-state index is 0.673. The Hall–Kier alpha value is -1.27. The van der Waals surface area contributed by atoms with E-state index in [2.05, 4.69) is 48.8 Å². The van der Waals surface area contributed by atoms with E-state index in [4.69, 9.17) is 28.2 Å². The molecule has 0 radical (unpaired) electrons. The molecular weight excluding hydrogens is 471 g/mol. The number of anilines is 1. The van der Waals surface area contributed by atoms with Gasteiger partial charge in [0.05, 0.1) is 17.9 Å². The van der Waals surface area contributed by atoms with E-state index >= 15 is 0 Å². The Bertz CT molecular complexity index is 952. The van der Waals surface area contributed by atoms with Gasteiger partial charge in [0.15, 0.2) is 0 Å². The topological polar surface area (TPSA) is 22.1 Å². The average molecular weight is 494 g/mol. The molecule has 5 rings (SSSR count). The van der Waals surface area contributed by atoms with Gasteiger partial charge in [-0.3, -0.25) is 4.90 Å². The number of aliphatic imine (C=N–C) groups is 1. The molecule has 152 valence electrons. The zero-order valence-corrected chi connectivity index (χ0v) is 19.2. The van der Waals surface area contributed by atoms with Crippen LogP contribution in [-0.2, 0) is 6.54 Å². The highest BCUT2D eigenvalue weighted by molar-refractivity contribution is 9.10. The molecule has 0 N–H and O–H groups in total. The number of nitrogens with zero attached hydrogens (tertiary/aromatic N) is 4. The Labute approximate surface area is 190 Å². The molecule has 1 saturated heterocycles. The van der Waals surface area contributed by atoms with Crippen molar-refractivity contribution in [2.75, 3.05) is 37.6 Å². The molecule has 2 aromatic carbocycles. The molecule has 0 spiro atoms. The first-order valence-electron chi connectivity index (χ1n) is 10.1. The monoisotopic (exact) mass is 492 g/mol. The largest absolute Gasteiger partial charge is 0.359 e. The molecule has 7 heteroatoms. The summed E-state index contributed by atoms with van der Waals surface area (Å²) in [5.41, 5.74) is 3.45. The number of fused-ring (bicyclic) bond motifs is 1. The maximum absolute atomic E-state index is 6.35. The van der Waals surface area contributed by atoms with Crippen molar-refractivity contribution >= 4 is 56.3 Å². The van der Waals surface area contributed by atoms with Crippen LogP contribution in [0.15, 0.2) is 45.9 Å². The van der Waals surface area contributed by atoms with Crippen LogP contribution < -0.4 is 4.90 Å². The molecule has 3 aliphatic rings. The minimum Gasteiger partial charge on any atom is -0.359 e. The number of rotatable bonds is 3. The number of piperazine rings is 1. The normalized spacial score (nSPS) is 19.9. The summed E-state index contributed by atoms with van der Waals surface area (Å²) in [5.74, 6) is 1.20. The van der Waals surface area contributed by atoms with Gasteiger partial charge in [-0.1, -0.05) is 39.1 Å². The molecule has 2 aliphatic heterocycles. The lowest BCUT2D eigenvalue weighted by molar-refractivity contribution is 0.174. The minimum atomic E-state index is 0.673. The molecule has 0 atom stereocenters. The van der Waals surface area contributed by atoms with Gasteiger partial charge in [0, 0.05) is 53.3 Å². The van der Waals surface area contributed by atoms with Crippen molar-refractivity contribution in [2.24, 2.45) is 4.99 Å². The Kier molecular flexibility index (Phi) is 5.50. The van der Waals surface area contributed by atoms with Crippen LogP contribution in [0.4, 0.5) is 11.4 Å². The molecule has 0 bridgehead atoms. The van der Waals surface area contributed by atoms with Gasteiger partial charge in [-0.25, -0.2) is 4.99 Å². The van der Waals surface area contributed by atoms with Gasteiger partial charge in [0.2, 0.25) is 0 Å². The van der Waals surface area contributed by atoms with E-state index in [-0.39, 0.29) is 0 Å². The van der Waals surface area contributed by atoms with Gasteiger partial charge in [-0.05, 0) is 54.8 Å². The average Bonchev–Trinajstić information content (AvgIpc) is 3.55. The van der Waals surface area contributed by atoms with Gasteiger partial charge in [0.25, 0.3) is 0 Å². The molecule has 2 aromatic rings. The van der Waals surface area contributed by atoms with E-state index in [1.54, 1.807) is 0 Å². The smallest absolute Gasteiger partial charge is 0.125 e. The third kappa shape index (κ3) is 4.29. The highest BCUT2D eigenvalue weighted by atomic mass is 79.9. The van der Waals surface area contributed by atoms with Gasteiger partial charge in [-0.15, -0.1) is 0 Å². The number of benzene rings is 2. The summed E-state index contributed by atoms with van der Waals surface area (Å²) >= 11 is 16.1. The molecule has 2 heterocycles. The molecule has 2 fully saturated rings. The maximum atomic E-state index is 6.35. The Balaban J connectivity index is 1.28. The lowest BCUT2D eigenvalue weighted by atomic mass is 10.1. The van der Waals surface area contributed by atoms with Crippen LogP contribution in [0, 0.1) is 0 Å². The van der Waals surface area contributed by atoms with Crippen molar-refractivity contribution < 1.29 is 0 Å². The summed E-state index contributed by atoms with van der Waals surface area (Å²) < 4.78 is 1.08. The Morgan fingerprint density at radius 3 is 2.55 bits per heavy atom. The van der Waals surface area contributed by atoms with Crippen molar-refractivity contribution in [1.82, 2.24) is 9.80 Å². The number of amidine groups is 1. The fraction of sp³-hybridized carbons (Fsp3) is 0.409. The molecule has 0 unspecified atom stereocenters. The summed E-state index contributed by atoms with van der Waals surface area (Å²) in [5, 5.41) is 1.53. The molecule has 4 nitrogen and oxygen atoms in total. The van der Waals surface area contributed by atoms with E-state index in [0.717, 1.165) is 65.0 Å². The first kappa shape index (κ1) is 19.7. The quantitative estimate of drug-likeness (QED) is 0.556. The zero-order valence-electron chi connectivity index (χ0n) is 16.1. The first-order valence-corrected chi connectivity index (χ1v) is 11.7. The summed E-state index contributed by atoms with van der Waals surface area (Å²) in [6.07, 6.45) is 2.58. The number of hydrogen-bond donors (Lipinski definition) is 0. The molecule has 0 aromatic heterocycles. The highest BCUT2D eigenvalue weighted by Gasteiger charge is 2.35. The Morgan fingerprint density at radius 2 is 1.79 bits per heavy atom. The lowest BCUT2D eigenvalue weighted by Crippen LogP contribution is -2.52. The highest BCUT2D eigenvalue weighted by Crippen LogP contribution is 2.41. The standard InChI is InChI=1S/C22H23BrCl2N4/c23-16-1-6-21-20(12-16)26-22(14-29(21)18-3-4-18)28-9-7-27(8-10-28)13-15-11-17(24)2-5-19(15)25/h1-2,5-6,11-12,18H,3-4,7-10,13-14H2. The van der Waals surface area contributed by atoms with E-state index in [1.807, 2.05) is 18.2 Å². The van der Waals surface area contributed by atoms with Crippen molar-refractivity contribution in [3.63, 3.8) is 0 Å². The molecule has 1 aliphatic carbocycles. The second-order valence-corrected chi connectivity index (χ2v) is 9.78. The second kappa shape index (κ2) is 8.10. The molecule has 29 heavy (non-hydrogen) atoms. The lowest BCUT2D eigenvalue weighted by Gasteiger charge is -2.40. The van der Waals surface area contributed by atoms with Gasteiger partial charge in [-0.2, -0.15) is 0 Å². The first-order chi connectivity index (χ1) is 14.1. The van der Waals surface area contributed by atoms with Crippen molar-refractivity contribution in [1.29, 1.82) is 0 Å². The van der Waals surface area contributed by atoms with Crippen molar-refractivity contribution in [3.05, 3.63) is 56.5 Å². The number of halogens is 3. The second-order valence-electron chi connectivity index (χ2n) is 8.02. The summed E-state index contributed by atoms with van der Waals surface area (Å²) in [6.45, 7) is 5.72. The predicted octanol–water partition coefficient (Wildman–Crippen LogP) is 5.59. The van der Waals surface area contributed by atoms with Crippen LogP contribution in [0.1, 0.15) is 18.4 Å². The van der Waals surface area contributed by atoms with Crippen LogP contribution in [0.3, 0.4) is 0 Å². The summed E-state index contributed by atoms with van der Waals surface area (Å²) in [7, 11) is 0. The molecule has 0 amide bonds. The van der Waals surface area contributed by atoms with Crippen LogP contribution in [0.5, 0.6) is 0 Å². The fourth-order valence-electron chi connectivity index (χ4n) is 4.19. The predicted molar refractivity (Wildman–Crippen MR) is 125 cm³/mol. The van der Waals surface area contributed by atoms with E-state index in [1.165, 1.54) is 24.4 Å². The van der Waals surface area contributed by atoms with E-state index in [0.29, 0.717) is 6.04 Å². The number of hydrogen-bond acceptors (Lipinski definition) is 4. The SMILES string of the molecule is Clc1ccc(Cl)c(CN2CCN(C3=Nc4cc(Br)ccc4N(C4CC4)C3)CC2)c1. The third-order valence-electron chi connectivity index (χ3n) is 5.93. The van der Waals surface area contributed by atoms with Crippen LogP contribution in [0.2, 0.25) is 10.0 Å². The fourth-order valence-corrected chi connectivity index (χ4v) is 4.91. The third-order valence-corrected chi connectivity index (χ3v) is 7.03. The van der Waals surface area contributed by atoms with E-state index in [9.17, 15) is 0 Å². The summed E-state index contributed by atoms with van der Waals surface area (Å²) in [6, 6.07) is 12.8. The van der Waals surface area contributed by atoms with Gasteiger partial charge >= 0.3 is 0 Å². The van der Waals surface area contributed by atoms with Crippen LogP contribution >= 0.6 is 39.1 Å². The molecule has 1 saturated carbocycles. The van der Waals surface area contributed by atoms with Crippen LogP contribution in [0.25, 0.3) is 0 Å². The zero-order chi connectivity index (χ0) is 20.0. The van der Waals surface area contributed by atoms with Crippen molar-refractivity contribution in [3.8, 4) is 0 Å².